The Balaban J connectivity index is 1.98. The van der Waals surface area contributed by atoms with Crippen LogP contribution in [0.1, 0.15) is 31.2 Å². The first-order valence-electron chi connectivity index (χ1n) is 9.11. The van der Waals surface area contributed by atoms with Crippen LogP contribution in [0.15, 0.2) is 29.2 Å². The number of carbonyl (C=O) groups excluding carboxylic acids is 2. The average molecular weight is 410 g/mol. The molecule has 1 saturated heterocycles. The molecule has 0 spiro atoms. The van der Waals surface area contributed by atoms with Crippen molar-refractivity contribution in [2.24, 2.45) is 0 Å². The third-order valence-corrected chi connectivity index (χ3v) is 5.89. The van der Waals surface area contributed by atoms with E-state index in [1.165, 1.54) is 32.4 Å². The number of nitrogens with one attached hydrogen (secondary N) is 1. The standard InChI is InChI=1S/C19H26N2O6S/c1-20-28(24,25)17-13-15(7-9-16(17)26-2)8-10-19(23)27-14-18(22)21-11-5-3-4-6-12-21/h7-10,13,20H,3-6,11-12,14H2,1-2H3/b10-8+. The van der Waals surface area contributed by atoms with Crippen molar-refractivity contribution in [1.82, 2.24) is 9.62 Å². The zero-order valence-electron chi connectivity index (χ0n) is 16.1. The predicted molar refractivity (Wildman–Crippen MR) is 104 cm³/mol. The summed E-state index contributed by atoms with van der Waals surface area (Å²) in [6.45, 7) is 1.09. The average Bonchev–Trinajstić information content (AvgIpc) is 2.99. The molecule has 1 heterocycles. The summed E-state index contributed by atoms with van der Waals surface area (Å²) in [7, 11) is -1.04. The summed E-state index contributed by atoms with van der Waals surface area (Å²) in [4.78, 5) is 25.7. The molecule has 1 fully saturated rings. The number of benzene rings is 1. The maximum Gasteiger partial charge on any atom is 0.331 e. The summed E-state index contributed by atoms with van der Waals surface area (Å²) in [6.07, 6.45) is 6.74. The van der Waals surface area contributed by atoms with Crippen LogP contribution in [0.3, 0.4) is 0 Å². The lowest BCUT2D eigenvalue weighted by Gasteiger charge is -2.19. The van der Waals surface area contributed by atoms with Gasteiger partial charge in [-0.3, -0.25) is 4.79 Å². The van der Waals surface area contributed by atoms with Crippen LogP contribution in [-0.4, -0.2) is 59.0 Å². The maximum atomic E-state index is 12.1. The molecule has 0 radical (unpaired) electrons. The van der Waals surface area contributed by atoms with Crippen molar-refractivity contribution in [2.75, 3.05) is 33.9 Å². The lowest BCUT2D eigenvalue weighted by Crippen LogP contribution is -2.35. The quantitative estimate of drug-likeness (QED) is 0.541. The van der Waals surface area contributed by atoms with Gasteiger partial charge in [-0.1, -0.05) is 18.9 Å². The molecule has 9 heteroatoms. The number of likely N-dealkylation sites (tertiary alicyclic amines) is 1. The van der Waals surface area contributed by atoms with Crippen molar-refractivity contribution in [3.63, 3.8) is 0 Å². The minimum absolute atomic E-state index is 0.0376. The SMILES string of the molecule is CNS(=O)(=O)c1cc(/C=C/C(=O)OCC(=O)N2CCCCCC2)ccc1OC. The van der Waals surface area contributed by atoms with E-state index >= 15 is 0 Å². The number of methoxy groups -OCH3 is 1. The Morgan fingerprint density at radius 1 is 1.18 bits per heavy atom. The van der Waals surface area contributed by atoms with Crippen LogP contribution in [0.4, 0.5) is 0 Å². The largest absolute Gasteiger partial charge is 0.495 e. The van der Waals surface area contributed by atoms with Crippen molar-refractivity contribution in [3.8, 4) is 5.75 Å². The summed E-state index contributed by atoms with van der Waals surface area (Å²) >= 11 is 0. The Hall–Kier alpha value is -2.39. The van der Waals surface area contributed by atoms with Crippen LogP contribution >= 0.6 is 0 Å². The van der Waals surface area contributed by atoms with Crippen LogP contribution in [0.2, 0.25) is 0 Å². The third kappa shape index (κ3) is 6.07. The van der Waals surface area contributed by atoms with Gasteiger partial charge in [0.15, 0.2) is 6.61 Å². The Bertz CT molecular complexity index is 827. The van der Waals surface area contributed by atoms with Gasteiger partial charge in [0, 0.05) is 19.2 Å². The fourth-order valence-electron chi connectivity index (χ4n) is 2.87. The zero-order chi connectivity index (χ0) is 20.6. The van der Waals surface area contributed by atoms with E-state index in [0.29, 0.717) is 18.7 Å². The van der Waals surface area contributed by atoms with E-state index in [1.54, 1.807) is 11.0 Å². The van der Waals surface area contributed by atoms with Crippen molar-refractivity contribution in [1.29, 1.82) is 0 Å². The number of amides is 1. The summed E-state index contributed by atoms with van der Waals surface area (Å²) < 4.78 is 36.5. The van der Waals surface area contributed by atoms with Gasteiger partial charge in [0.25, 0.3) is 5.91 Å². The van der Waals surface area contributed by atoms with Gasteiger partial charge in [-0.05, 0) is 43.7 Å². The number of sulfonamides is 1. The van der Waals surface area contributed by atoms with Crippen LogP contribution in [0.5, 0.6) is 5.75 Å². The van der Waals surface area contributed by atoms with E-state index < -0.39 is 16.0 Å². The maximum absolute atomic E-state index is 12.1. The highest BCUT2D eigenvalue weighted by Gasteiger charge is 2.18. The molecule has 0 bridgehead atoms. The molecule has 8 nitrogen and oxygen atoms in total. The lowest BCUT2D eigenvalue weighted by atomic mass is 10.2. The van der Waals surface area contributed by atoms with Gasteiger partial charge in [0.1, 0.15) is 10.6 Å². The second-order valence-corrected chi connectivity index (χ2v) is 8.21. The highest BCUT2D eigenvalue weighted by Crippen LogP contribution is 2.25. The van der Waals surface area contributed by atoms with E-state index in [-0.39, 0.29) is 23.2 Å². The highest BCUT2D eigenvalue weighted by atomic mass is 32.2. The van der Waals surface area contributed by atoms with Gasteiger partial charge in [0.05, 0.1) is 7.11 Å². The fraction of sp³-hybridized carbons (Fsp3) is 0.474. The first-order valence-corrected chi connectivity index (χ1v) is 10.6. The van der Waals surface area contributed by atoms with Crippen molar-refractivity contribution in [3.05, 3.63) is 29.8 Å². The van der Waals surface area contributed by atoms with Crippen molar-refractivity contribution < 1.29 is 27.5 Å². The van der Waals surface area contributed by atoms with E-state index in [0.717, 1.165) is 31.8 Å². The van der Waals surface area contributed by atoms with Crippen molar-refractivity contribution in [2.45, 2.75) is 30.6 Å². The minimum Gasteiger partial charge on any atom is -0.495 e. The topological polar surface area (TPSA) is 102 Å². The molecular formula is C19H26N2O6S. The van der Waals surface area contributed by atoms with E-state index in [1.807, 2.05) is 0 Å². The molecule has 2 rings (SSSR count). The Kier molecular flexibility index (Phi) is 8.01. The molecule has 1 aromatic carbocycles. The van der Waals surface area contributed by atoms with Gasteiger partial charge in [0.2, 0.25) is 10.0 Å². The van der Waals surface area contributed by atoms with Gasteiger partial charge in [-0.15, -0.1) is 0 Å². The second-order valence-electron chi connectivity index (χ2n) is 6.35. The summed E-state index contributed by atoms with van der Waals surface area (Å²) in [5.74, 6) is -0.676. The molecule has 1 N–H and O–H groups in total. The van der Waals surface area contributed by atoms with Crippen LogP contribution in [0.25, 0.3) is 6.08 Å². The number of ether oxygens (including phenoxy) is 2. The Morgan fingerprint density at radius 3 is 2.46 bits per heavy atom. The monoisotopic (exact) mass is 410 g/mol. The number of rotatable bonds is 7. The van der Waals surface area contributed by atoms with E-state index in [4.69, 9.17) is 9.47 Å². The first kappa shape index (κ1) is 21.9. The Morgan fingerprint density at radius 2 is 1.86 bits per heavy atom. The molecule has 0 atom stereocenters. The number of carbonyl (C=O) groups is 2. The molecule has 1 aliphatic rings. The summed E-state index contributed by atoms with van der Waals surface area (Å²) in [5.41, 5.74) is 0.477. The molecule has 0 saturated carbocycles. The number of nitrogens with zero attached hydrogens (tertiary/aromatic N) is 1. The summed E-state index contributed by atoms with van der Waals surface area (Å²) in [5, 5.41) is 0. The molecule has 0 aliphatic carbocycles. The molecule has 1 amide bonds. The zero-order valence-corrected chi connectivity index (χ0v) is 17.0. The fourth-order valence-corrected chi connectivity index (χ4v) is 3.80. The van der Waals surface area contributed by atoms with Gasteiger partial charge < -0.3 is 14.4 Å². The second kappa shape index (κ2) is 10.2. The third-order valence-electron chi connectivity index (χ3n) is 4.45. The molecule has 1 aliphatic heterocycles. The van der Waals surface area contributed by atoms with Crippen LogP contribution in [-0.2, 0) is 24.3 Å². The molecule has 28 heavy (non-hydrogen) atoms. The van der Waals surface area contributed by atoms with E-state index in [2.05, 4.69) is 4.72 Å². The van der Waals surface area contributed by atoms with E-state index in [9.17, 15) is 18.0 Å². The minimum atomic E-state index is -3.71. The number of hydrogen-bond acceptors (Lipinski definition) is 6. The molecule has 154 valence electrons. The smallest absolute Gasteiger partial charge is 0.331 e. The molecule has 0 unspecified atom stereocenters. The molecule has 1 aromatic rings. The lowest BCUT2D eigenvalue weighted by molar-refractivity contribution is -0.148. The number of esters is 1. The number of hydrogen-bond donors (Lipinski definition) is 1. The predicted octanol–water partition coefficient (Wildman–Crippen LogP) is 1.56. The van der Waals surface area contributed by atoms with Gasteiger partial charge >= 0.3 is 5.97 Å². The van der Waals surface area contributed by atoms with Gasteiger partial charge in [-0.2, -0.15) is 0 Å². The van der Waals surface area contributed by atoms with Crippen molar-refractivity contribution >= 4 is 28.0 Å². The van der Waals surface area contributed by atoms with Crippen LogP contribution in [0, 0.1) is 0 Å². The first-order chi connectivity index (χ1) is 13.4. The normalized spacial score (nSPS) is 15.3. The van der Waals surface area contributed by atoms with Gasteiger partial charge in [-0.25, -0.2) is 17.9 Å². The molecule has 0 aromatic heterocycles. The highest BCUT2D eigenvalue weighted by molar-refractivity contribution is 7.89. The van der Waals surface area contributed by atoms with Crippen LogP contribution < -0.4 is 9.46 Å². The molecular weight excluding hydrogens is 384 g/mol. The summed E-state index contributed by atoms with van der Waals surface area (Å²) in [6, 6.07) is 4.49. The Labute approximate surface area is 165 Å².